The van der Waals surface area contributed by atoms with Gasteiger partial charge in [-0.05, 0) is 36.4 Å². The summed E-state index contributed by atoms with van der Waals surface area (Å²) in [6.07, 6.45) is 0. The van der Waals surface area contributed by atoms with Gasteiger partial charge in [0, 0.05) is 0 Å². The maximum Gasteiger partial charge on any atom is 0.249 e. The Morgan fingerprint density at radius 3 is 2.50 bits per heavy atom. The highest BCUT2D eigenvalue weighted by atomic mass is 35.5. The van der Waals surface area contributed by atoms with E-state index in [4.69, 9.17) is 21.6 Å². The summed E-state index contributed by atoms with van der Waals surface area (Å²) >= 11 is 5.91. The predicted molar refractivity (Wildman–Crippen MR) is 86.1 cm³/mol. The van der Waals surface area contributed by atoms with Crippen LogP contribution in [0.25, 0.3) is 0 Å². The van der Waals surface area contributed by atoms with Crippen LogP contribution in [-0.4, -0.2) is 18.3 Å². The number of hydrogen-bond donors (Lipinski definition) is 1. The Bertz CT molecular complexity index is 787. The first-order valence-electron chi connectivity index (χ1n) is 6.87. The van der Waals surface area contributed by atoms with Crippen LogP contribution in [0.15, 0.2) is 48.5 Å². The minimum Gasteiger partial charge on any atom is -0.486 e. The number of nitrogens with one attached hydrogen (secondary N) is 1. The highest BCUT2D eigenvalue weighted by Gasteiger charge is 2.27. The SMILES string of the molecule is N#C[C@H](C(=O)COc1ccc(F)cc1)C(=O)Nc1ccccc1Cl. The molecule has 0 saturated carbocycles. The summed E-state index contributed by atoms with van der Waals surface area (Å²) in [5.74, 6) is -3.23. The summed E-state index contributed by atoms with van der Waals surface area (Å²) in [6.45, 7) is -0.486. The molecule has 0 aliphatic rings. The second kappa shape index (κ2) is 8.09. The van der Waals surface area contributed by atoms with Crippen LogP contribution < -0.4 is 10.1 Å². The fraction of sp³-hybridized carbons (Fsp3) is 0.118. The Kier molecular flexibility index (Phi) is 5.88. The Morgan fingerprint density at radius 1 is 1.21 bits per heavy atom. The Hall–Kier alpha value is -2.91. The van der Waals surface area contributed by atoms with Gasteiger partial charge in [0.15, 0.2) is 11.7 Å². The number of benzene rings is 2. The van der Waals surface area contributed by atoms with Crippen LogP contribution >= 0.6 is 11.6 Å². The second-order valence-electron chi connectivity index (χ2n) is 4.74. The minimum absolute atomic E-state index is 0.257. The molecule has 24 heavy (non-hydrogen) atoms. The van der Waals surface area contributed by atoms with Gasteiger partial charge in [0.2, 0.25) is 5.91 Å². The number of halogens is 2. The van der Waals surface area contributed by atoms with E-state index >= 15 is 0 Å². The first-order chi connectivity index (χ1) is 11.5. The van der Waals surface area contributed by atoms with Gasteiger partial charge in [0.05, 0.1) is 16.8 Å². The van der Waals surface area contributed by atoms with Gasteiger partial charge in [-0.2, -0.15) is 5.26 Å². The standard InChI is InChI=1S/C17H12ClFN2O3/c18-14-3-1-2-4-15(14)21-17(23)13(9-20)16(22)10-24-12-7-5-11(19)6-8-12/h1-8,13H,10H2,(H,21,23)/t13-/m1/s1. The number of nitriles is 1. The van der Waals surface area contributed by atoms with Crippen LogP contribution in [-0.2, 0) is 9.59 Å². The van der Waals surface area contributed by atoms with Gasteiger partial charge in [-0.1, -0.05) is 23.7 Å². The number of rotatable bonds is 6. The lowest BCUT2D eigenvalue weighted by Crippen LogP contribution is -2.32. The predicted octanol–water partition coefficient (Wildman–Crippen LogP) is 3.21. The number of amides is 1. The van der Waals surface area contributed by atoms with Crippen LogP contribution in [0.4, 0.5) is 10.1 Å². The summed E-state index contributed by atoms with van der Waals surface area (Å²) < 4.78 is 17.9. The maximum absolute atomic E-state index is 12.8. The van der Waals surface area contributed by atoms with E-state index in [1.165, 1.54) is 24.3 Å². The largest absolute Gasteiger partial charge is 0.486 e. The lowest BCUT2D eigenvalue weighted by molar-refractivity contribution is -0.130. The molecule has 0 spiro atoms. The van der Waals surface area contributed by atoms with Crippen molar-refractivity contribution in [3.05, 3.63) is 59.4 Å². The molecule has 2 rings (SSSR count). The number of Topliss-reactive ketones (excluding diaryl/α,β-unsaturated/α-hetero) is 1. The van der Waals surface area contributed by atoms with E-state index in [-0.39, 0.29) is 10.8 Å². The van der Waals surface area contributed by atoms with E-state index in [2.05, 4.69) is 5.32 Å². The molecule has 1 N–H and O–H groups in total. The van der Waals surface area contributed by atoms with Crippen molar-refractivity contribution in [1.82, 2.24) is 0 Å². The maximum atomic E-state index is 12.8. The molecule has 0 aliphatic heterocycles. The molecular weight excluding hydrogens is 335 g/mol. The Balaban J connectivity index is 1.98. The van der Waals surface area contributed by atoms with E-state index in [0.717, 1.165) is 0 Å². The van der Waals surface area contributed by atoms with Crippen molar-refractivity contribution in [1.29, 1.82) is 5.26 Å². The molecule has 122 valence electrons. The third kappa shape index (κ3) is 4.54. The quantitative estimate of drug-likeness (QED) is 0.814. The second-order valence-corrected chi connectivity index (χ2v) is 5.15. The molecule has 0 fully saturated rings. The number of nitrogens with zero attached hydrogens (tertiary/aromatic N) is 1. The van der Waals surface area contributed by atoms with Crippen LogP contribution in [0.5, 0.6) is 5.75 Å². The molecule has 0 radical (unpaired) electrons. The highest BCUT2D eigenvalue weighted by molar-refractivity contribution is 6.33. The molecule has 0 bridgehead atoms. The molecular formula is C17H12ClFN2O3. The summed E-state index contributed by atoms with van der Waals surface area (Å²) in [6, 6.07) is 13.1. The molecule has 5 nitrogen and oxygen atoms in total. The average molecular weight is 347 g/mol. The zero-order valence-corrected chi connectivity index (χ0v) is 13.1. The fourth-order valence-electron chi connectivity index (χ4n) is 1.81. The number of carbonyl (C=O) groups excluding carboxylic acids is 2. The monoisotopic (exact) mass is 346 g/mol. The third-order valence-electron chi connectivity index (χ3n) is 3.04. The van der Waals surface area contributed by atoms with Gasteiger partial charge in [0.1, 0.15) is 18.2 Å². The van der Waals surface area contributed by atoms with Crippen LogP contribution in [0.3, 0.4) is 0 Å². The van der Waals surface area contributed by atoms with Gasteiger partial charge in [-0.3, -0.25) is 9.59 Å². The molecule has 0 aromatic heterocycles. The fourth-order valence-corrected chi connectivity index (χ4v) is 2.00. The lowest BCUT2D eigenvalue weighted by atomic mass is 10.1. The summed E-state index contributed by atoms with van der Waals surface area (Å²) in [7, 11) is 0. The first-order valence-corrected chi connectivity index (χ1v) is 7.25. The van der Waals surface area contributed by atoms with Crippen LogP contribution in [0, 0.1) is 23.1 Å². The van der Waals surface area contributed by atoms with Gasteiger partial charge in [-0.25, -0.2) is 4.39 Å². The smallest absolute Gasteiger partial charge is 0.249 e. The zero-order valence-electron chi connectivity index (χ0n) is 12.3. The highest BCUT2D eigenvalue weighted by Crippen LogP contribution is 2.21. The molecule has 7 heteroatoms. The average Bonchev–Trinajstić information content (AvgIpc) is 2.57. The van der Waals surface area contributed by atoms with Crippen molar-refractivity contribution in [3.8, 4) is 11.8 Å². The topological polar surface area (TPSA) is 79.2 Å². The number of ether oxygens (including phenoxy) is 1. The van der Waals surface area contributed by atoms with Gasteiger partial charge in [0.25, 0.3) is 0 Å². The number of para-hydroxylation sites is 1. The molecule has 0 aliphatic carbocycles. The number of anilines is 1. The third-order valence-corrected chi connectivity index (χ3v) is 3.37. The number of carbonyl (C=O) groups is 2. The summed E-state index contributed by atoms with van der Waals surface area (Å²) in [5, 5.41) is 11.8. The Labute approximate surface area is 142 Å². The van der Waals surface area contributed by atoms with Crippen molar-refractivity contribution in [2.45, 2.75) is 0 Å². The Morgan fingerprint density at radius 2 is 1.88 bits per heavy atom. The molecule has 0 heterocycles. The molecule has 1 atom stereocenters. The molecule has 0 saturated heterocycles. The lowest BCUT2D eigenvalue weighted by Gasteiger charge is -2.11. The van der Waals surface area contributed by atoms with E-state index in [0.29, 0.717) is 5.69 Å². The van der Waals surface area contributed by atoms with Crippen molar-refractivity contribution >= 4 is 29.0 Å². The first kappa shape index (κ1) is 17.4. The van der Waals surface area contributed by atoms with Gasteiger partial charge >= 0.3 is 0 Å². The van der Waals surface area contributed by atoms with E-state index in [1.54, 1.807) is 30.3 Å². The number of hydrogen-bond acceptors (Lipinski definition) is 4. The number of ketones is 1. The van der Waals surface area contributed by atoms with Crippen molar-refractivity contribution < 1.29 is 18.7 Å². The molecule has 2 aromatic carbocycles. The van der Waals surface area contributed by atoms with E-state index in [1.807, 2.05) is 0 Å². The molecule has 2 aromatic rings. The van der Waals surface area contributed by atoms with Gasteiger partial charge < -0.3 is 10.1 Å². The summed E-state index contributed by atoms with van der Waals surface area (Å²) in [4.78, 5) is 24.1. The normalized spacial score (nSPS) is 11.2. The molecule has 1 amide bonds. The van der Waals surface area contributed by atoms with Crippen molar-refractivity contribution in [2.24, 2.45) is 5.92 Å². The van der Waals surface area contributed by atoms with E-state index < -0.39 is 30.0 Å². The zero-order chi connectivity index (χ0) is 17.5. The van der Waals surface area contributed by atoms with Crippen LogP contribution in [0.1, 0.15) is 0 Å². The summed E-state index contributed by atoms with van der Waals surface area (Å²) in [5.41, 5.74) is 0.302. The van der Waals surface area contributed by atoms with Crippen LogP contribution in [0.2, 0.25) is 5.02 Å². The van der Waals surface area contributed by atoms with Crippen molar-refractivity contribution in [3.63, 3.8) is 0 Å². The van der Waals surface area contributed by atoms with Gasteiger partial charge in [-0.15, -0.1) is 0 Å². The minimum atomic E-state index is -1.54. The molecule has 0 unspecified atom stereocenters. The van der Waals surface area contributed by atoms with E-state index in [9.17, 15) is 14.0 Å². The van der Waals surface area contributed by atoms with Crippen molar-refractivity contribution in [2.75, 3.05) is 11.9 Å².